The van der Waals surface area contributed by atoms with Gasteiger partial charge in [-0.05, 0) is 18.3 Å². The topological polar surface area (TPSA) is 35.2 Å². The van der Waals surface area contributed by atoms with Gasteiger partial charge in [0.05, 0.1) is 13.3 Å². The summed E-state index contributed by atoms with van der Waals surface area (Å²) < 4.78 is 5.28. The molecule has 12 heavy (non-hydrogen) atoms. The third-order valence-electron chi connectivity index (χ3n) is 2.28. The lowest BCUT2D eigenvalue weighted by molar-refractivity contribution is 0.0455. The van der Waals surface area contributed by atoms with E-state index in [0.29, 0.717) is 12.1 Å². The molecule has 0 amide bonds. The lowest BCUT2D eigenvalue weighted by Gasteiger charge is -2.28. The molecule has 0 aliphatic carbocycles. The Morgan fingerprint density at radius 3 is 2.00 bits per heavy atom. The van der Waals surface area contributed by atoms with Gasteiger partial charge in [-0.2, -0.15) is 0 Å². The molecule has 0 unspecified atom stereocenters. The predicted molar refractivity (Wildman–Crippen MR) is 52.9 cm³/mol. The molecular formula is C10H23NO. The maximum atomic E-state index is 5.31. The Hall–Kier alpha value is -0.0800. The van der Waals surface area contributed by atoms with Crippen LogP contribution in [0.3, 0.4) is 0 Å². The van der Waals surface area contributed by atoms with Gasteiger partial charge in [0.2, 0.25) is 0 Å². The zero-order chi connectivity index (χ0) is 9.45. The average molecular weight is 173 g/mol. The minimum atomic E-state index is 0.350. The van der Waals surface area contributed by atoms with Crippen molar-refractivity contribution in [2.45, 2.75) is 46.5 Å². The molecule has 0 aromatic heterocycles. The van der Waals surface area contributed by atoms with Crippen molar-refractivity contribution in [2.75, 3.05) is 13.3 Å². The summed E-state index contributed by atoms with van der Waals surface area (Å²) in [5, 5.41) is 0. The Kier molecular flexibility index (Phi) is 6.39. The van der Waals surface area contributed by atoms with Crippen molar-refractivity contribution in [3.05, 3.63) is 0 Å². The highest BCUT2D eigenvalue weighted by Gasteiger charge is 2.21. The standard InChI is InChI=1S/C10H23NO/c1-4-6-10(3,7-5-2)8-12-9-11/h4-9,11H2,1-3H3. The van der Waals surface area contributed by atoms with E-state index in [1.54, 1.807) is 0 Å². The molecule has 0 aliphatic heterocycles. The predicted octanol–water partition coefficient (Wildman–Crippen LogP) is 2.53. The molecule has 0 rings (SSSR count). The van der Waals surface area contributed by atoms with E-state index in [0.717, 1.165) is 6.61 Å². The number of hydrogen-bond donors (Lipinski definition) is 1. The van der Waals surface area contributed by atoms with Crippen molar-refractivity contribution in [3.63, 3.8) is 0 Å². The fraction of sp³-hybridized carbons (Fsp3) is 1.00. The molecule has 0 spiro atoms. The first-order valence-electron chi connectivity index (χ1n) is 4.96. The summed E-state index contributed by atoms with van der Waals surface area (Å²) in [5.41, 5.74) is 5.66. The second kappa shape index (κ2) is 6.44. The normalized spacial score (nSPS) is 12.0. The summed E-state index contributed by atoms with van der Waals surface area (Å²) in [6, 6.07) is 0. The van der Waals surface area contributed by atoms with Crippen LogP contribution >= 0.6 is 0 Å². The van der Waals surface area contributed by atoms with Crippen LogP contribution in [0.25, 0.3) is 0 Å². The fourth-order valence-electron chi connectivity index (χ4n) is 1.78. The Bertz CT molecular complexity index is 98.0. The van der Waals surface area contributed by atoms with E-state index < -0.39 is 0 Å². The van der Waals surface area contributed by atoms with Gasteiger partial charge in [0.25, 0.3) is 0 Å². The van der Waals surface area contributed by atoms with Gasteiger partial charge in [0.1, 0.15) is 0 Å². The second-order valence-electron chi connectivity index (χ2n) is 3.83. The third kappa shape index (κ3) is 4.73. The highest BCUT2D eigenvalue weighted by Crippen LogP contribution is 2.29. The van der Waals surface area contributed by atoms with Crippen LogP contribution in [0.2, 0.25) is 0 Å². The van der Waals surface area contributed by atoms with E-state index in [1.165, 1.54) is 25.7 Å². The summed E-state index contributed by atoms with van der Waals surface area (Å²) in [4.78, 5) is 0. The number of nitrogens with two attached hydrogens (primary N) is 1. The first-order chi connectivity index (χ1) is 5.68. The van der Waals surface area contributed by atoms with Gasteiger partial charge in [-0.25, -0.2) is 0 Å². The molecule has 0 saturated heterocycles. The van der Waals surface area contributed by atoms with Crippen LogP contribution in [0.4, 0.5) is 0 Å². The summed E-state index contributed by atoms with van der Waals surface area (Å²) in [5.74, 6) is 0. The van der Waals surface area contributed by atoms with Crippen LogP contribution in [0.1, 0.15) is 46.5 Å². The Balaban J connectivity index is 3.80. The van der Waals surface area contributed by atoms with Crippen LogP contribution in [-0.4, -0.2) is 13.3 Å². The van der Waals surface area contributed by atoms with Crippen molar-refractivity contribution in [2.24, 2.45) is 11.1 Å². The van der Waals surface area contributed by atoms with Crippen molar-refractivity contribution >= 4 is 0 Å². The van der Waals surface area contributed by atoms with Crippen LogP contribution in [0.15, 0.2) is 0 Å². The maximum Gasteiger partial charge on any atom is 0.0940 e. The van der Waals surface area contributed by atoms with Gasteiger partial charge in [0, 0.05) is 0 Å². The van der Waals surface area contributed by atoms with E-state index in [-0.39, 0.29) is 0 Å². The highest BCUT2D eigenvalue weighted by molar-refractivity contribution is 4.72. The monoisotopic (exact) mass is 173 g/mol. The molecule has 74 valence electrons. The largest absolute Gasteiger partial charge is 0.366 e. The van der Waals surface area contributed by atoms with Gasteiger partial charge < -0.3 is 10.5 Å². The van der Waals surface area contributed by atoms with E-state index in [1.807, 2.05) is 0 Å². The van der Waals surface area contributed by atoms with E-state index in [9.17, 15) is 0 Å². The quantitative estimate of drug-likeness (QED) is 0.600. The minimum absolute atomic E-state index is 0.350. The van der Waals surface area contributed by atoms with Gasteiger partial charge in [-0.1, -0.05) is 33.6 Å². The van der Waals surface area contributed by atoms with Crippen LogP contribution in [0, 0.1) is 5.41 Å². The molecule has 0 atom stereocenters. The number of hydrogen-bond acceptors (Lipinski definition) is 2. The van der Waals surface area contributed by atoms with Crippen LogP contribution in [0.5, 0.6) is 0 Å². The van der Waals surface area contributed by atoms with E-state index in [2.05, 4.69) is 20.8 Å². The molecule has 0 radical (unpaired) electrons. The molecule has 0 saturated carbocycles. The van der Waals surface area contributed by atoms with Gasteiger partial charge in [0.15, 0.2) is 0 Å². The second-order valence-corrected chi connectivity index (χ2v) is 3.83. The number of ether oxygens (including phenoxy) is 1. The molecule has 0 heterocycles. The molecule has 2 heteroatoms. The Labute approximate surface area is 76.5 Å². The Morgan fingerprint density at radius 2 is 1.67 bits per heavy atom. The highest BCUT2D eigenvalue weighted by atomic mass is 16.5. The molecule has 0 bridgehead atoms. The minimum Gasteiger partial charge on any atom is -0.366 e. The van der Waals surface area contributed by atoms with E-state index in [4.69, 9.17) is 10.5 Å². The summed E-state index contributed by atoms with van der Waals surface area (Å²) in [6.07, 6.45) is 4.93. The number of rotatable bonds is 7. The van der Waals surface area contributed by atoms with Gasteiger partial charge in [-0.15, -0.1) is 0 Å². The SMILES string of the molecule is CCCC(C)(CCC)COCN. The molecular weight excluding hydrogens is 150 g/mol. The van der Waals surface area contributed by atoms with Gasteiger partial charge >= 0.3 is 0 Å². The zero-order valence-electron chi connectivity index (χ0n) is 8.73. The third-order valence-corrected chi connectivity index (χ3v) is 2.28. The first-order valence-corrected chi connectivity index (χ1v) is 4.96. The Morgan fingerprint density at radius 1 is 1.17 bits per heavy atom. The first kappa shape index (κ1) is 11.9. The van der Waals surface area contributed by atoms with E-state index >= 15 is 0 Å². The van der Waals surface area contributed by atoms with Crippen molar-refractivity contribution in [1.82, 2.24) is 0 Å². The maximum absolute atomic E-state index is 5.31. The fourth-order valence-corrected chi connectivity index (χ4v) is 1.78. The summed E-state index contributed by atoms with van der Waals surface area (Å²) in [7, 11) is 0. The lowest BCUT2D eigenvalue weighted by Crippen LogP contribution is -2.24. The molecule has 2 nitrogen and oxygen atoms in total. The van der Waals surface area contributed by atoms with Crippen molar-refractivity contribution in [3.8, 4) is 0 Å². The van der Waals surface area contributed by atoms with Crippen molar-refractivity contribution < 1.29 is 4.74 Å². The molecule has 0 fully saturated rings. The summed E-state index contributed by atoms with van der Waals surface area (Å²) in [6.45, 7) is 7.89. The van der Waals surface area contributed by atoms with Crippen LogP contribution < -0.4 is 5.73 Å². The molecule has 2 N–H and O–H groups in total. The van der Waals surface area contributed by atoms with Crippen molar-refractivity contribution in [1.29, 1.82) is 0 Å². The molecule has 0 aliphatic rings. The lowest BCUT2D eigenvalue weighted by atomic mass is 9.82. The summed E-state index contributed by atoms with van der Waals surface area (Å²) >= 11 is 0. The molecule has 0 aromatic carbocycles. The smallest absolute Gasteiger partial charge is 0.0940 e. The van der Waals surface area contributed by atoms with Crippen LogP contribution in [-0.2, 0) is 4.74 Å². The van der Waals surface area contributed by atoms with Gasteiger partial charge in [-0.3, -0.25) is 0 Å². The molecule has 0 aromatic rings. The zero-order valence-corrected chi connectivity index (χ0v) is 8.73. The average Bonchev–Trinajstić information content (AvgIpc) is 2.02.